The molecule has 2 saturated heterocycles. The van der Waals surface area contributed by atoms with Gasteiger partial charge >= 0.3 is 6.09 Å². The smallest absolute Gasteiger partial charge is 0.408 e. The van der Waals surface area contributed by atoms with E-state index < -0.39 is 41.5 Å². The van der Waals surface area contributed by atoms with E-state index in [1.54, 1.807) is 0 Å². The zero-order valence-corrected chi connectivity index (χ0v) is 29.2. The van der Waals surface area contributed by atoms with E-state index >= 15 is 0 Å². The lowest BCUT2D eigenvalue weighted by molar-refractivity contribution is -0.141. The summed E-state index contributed by atoms with van der Waals surface area (Å²) >= 11 is 6.92. The van der Waals surface area contributed by atoms with Crippen LogP contribution in [0.1, 0.15) is 64.5 Å². The molecule has 3 heterocycles. The third-order valence-electron chi connectivity index (χ3n) is 10.2. The van der Waals surface area contributed by atoms with Crippen molar-refractivity contribution in [2.24, 2.45) is 17.1 Å². The number of fused-ring (bicyclic) bond motifs is 2. The second-order valence-corrected chi connectivity index (χ2v) is 15.4. The van der Waals surface area contributed by atoms with Gasteiger partial charge < -0.3 is 34.9 Å². The average molecular weight is 696 g/mol. The highest BCUT2D eigenvalue weighted by Gasteiger charge is 2.46. The number of hydrogen-bond donors (Lipinski definition) is 2. The Morgan fingerprint density at radius 2 is 1.90 bits per heavy atom. The number of nitrogens with one attached hydrogen (secondary N) is 1. The van der Waals surface area contributed by atoms with Crippen molar-refractivity contribution in [2.75, 3.05) is 46.0 Å². The number of morpholine rings is 1. The van der Waals surface area contributed by atoms with Gasteiger partial charge in [0.15, 0.2) is 0 Å². The molecule has 3 amide bonds. The summed E-state index contributed by atoms with van der Waals surface area (Å²) in [4.78, 5) is 48.4. The van der Waals surface area contributed by atoms with Crippen LogP contribution in [0.4, 0.5) is 4.79 Å². The SMILES string of the molecule is CC(C)(C)[C@H](NC(=O)O[C@H]1CC2=C[C@H]2C1)C(=O)N1CC(Oc2cc(C3CC3)nc3c(Cl)c(OCCN4CCOCC4)ccc23)C[C@H]1C(N)=O. The van der Waals surface area contributed by atoms with E-state index in [0.29, 0.717) is 45.9 Å². The van der Waals surface area contributed by atoms with E-state index in [-0.39, 0.29) is 19.1 Å². The maximum Gasteiger partial charge on any atom is 0.408 e. The predicted octanol–water partition coefficient (Wildman–Crippen LogP) is 4.17. The highest BCUT2D eigenvalue weighted by Crippen LogP contribution is 2.46. The zero-order valence-electron chi connectivity index (χ0n) is 28.4. The normalized spacial score (nSPS) is 25.8. The van der Waals surface area contributed by atoms with Crippen molar-refractivity contribution in [3.05, 3.63) is 40.6 Å². The van der Waals surface area contributed by atoms with E-state index in [4.69, 9.17) is 41.3 Å². The summed E-state index contributed by atoms with van der Waals surface area (Å²) in [5, 5.41) is 3.94. The van der Waals surface area contributed by atoms with E-state index in [2.05, 4.69) is 16.3 Å². The molecular formula is C36H46ClN5O7. The van der Waals surface area contributed by atoms with Crippen LogP contribution in [-0.4, -0.2) is 103 Å². The van der Waals surface area contributed by atoms with Crippen LogP contribution < -0.4 is 20.5 Å². The Kier molecular flexibility index (Phi) is 9.40. The van der Waals surface area contributed by atoms with Gasteiger partial charge in [0.25, 0.3) is 0 Å². The number of allylic oxidation sites excluding steroid dienone is 1. The minimum atomic E-state index is -0.945. The molecule has 0 spiro atoms. The van der Waals surface area contributed by atoms with Gasteiger partial charge in [-0.3, -0.25) is 19.5 Å². The molecule has 12 nitrogen and oxygen atoms in total. The lowest BCUT2D eigenvalue weighted by atomic mass is 9.85. The molecule has 0 bridgehead atoms. The van der Waals surface area contributed by atoms with Crippen LogP contribution in [0.25, 0.3) is 10.9 Å². The maximum absolute atomic E-state index is 14.1. The molecule has 264 valence electrons. The number of amides is 3. The first kappa shape index (κ1) is 33.9. The number of nitrogens with two attached hydrogens (primary N) is 1. The number of hydrogen-bond acceptors (Lipinski definition) is 9. The molecule has 2 saturated carbocycles. The minimum absolute atomic E-state index is 0.118. The summed E-state index contributed by atoms with van der Waals surface area (Å²) in [6.07, 6.45) is 4.62. The Hall–Kier alpha value is -3.61. The Balaban J connectivity index is 1.07. The van der Waals surface area contributed by atoms with Crippen molar-refractivity contribution >= 4 is 40.4 Å². The molecule has 0 radical (unpaired) electrons. The standard InChI is InChI=1S/C36H46ClN5O7/c1-36(2,3)32(40-35(45)49-23-15-21-14-22(21)16-23)34(44)42-19-24(17-27(42)33(38)43)48-29-18-26(20-4-5-20)39-31-25(29)6-7-28(30(31)37)47-13-10-41-8-11-46-12-9-41/h6-7,14,18,20-21,23-24,27,32H,4-5,8-13,15-17,19H2,1-3H3,(H2,38,43)(H,40,45)/t21-,23+,24?,27-,32+/m0/s1. The number of aromatic nitrogens is 1. The van der Waals surface area contributed by atoms with Gasteiger partial charge in [0.2, 0.25) is 11.8 Å². The lowest BCUT2D eigenvalue weighted by Gasteiger charge is -2.35. The first-order valence-corrected chi connectivity index (χ1v) is 17.8. The summed E-state index contributed by atoms with van der Waals surface area (Å²) in [5.41, 5.74) is 7.99. The van der Waals surface area contributed by atoms with Crippen LogP contribution >= 0.6 is 11.6 Å². The molecule has 5 atom stereocenters. The molecule has 49 heavy (non-hydrogen) atoms. The molecule has 5 aliphatic rings. The Morgan fingerprint density at radius 3 is 2.57 bits per heavy atom. The number of carbonyl (C=O) groups is 3. The number of primary amides is 1. The summed E-state index contributed by atoms with van der Waals surface area (Å²) in [6.45, 7) is 10.2. The van der Waals surface area contributed by atoms with Gasteiger partial charge in [-0.1, -0.05) is 44.0 Å². The summed E-state index contributed by atoms with van der Waals surface area (Å²) < 4.78 is 23.8. The molecule has 4 fully saturated rings. The van der Waals surface area contributed by atoms with Gasteiger partial charge in [-0.2, -0.15) is 0 Å². The maximum atomic E-state index is 14.1. The molecule has 2 aliphatic heterocycles. The fraction of sp³-hybridized carbons (Fsp3) is 0.611. The molecule has 1 aromatic heterocycles. The molecular weight excluding hydrogens is 650 g/mol. The third kappa shape index (κ3) is 7.61. The second kappa shape index (κ2) is 13.6. The fourth-order valence-corrected chi connectivity index (χ4v) is 7.46. The van der Waals surface area contributed by atoms with Gasteiger partial charge in [-0.15, -0.1) is 0 Å². The van der Waals surface area contributed by atoms with Crippen molar-refractivity contribution in [3.8, 4) is 11.5 Å². The third-order valence-corrected chi connectivity index (χ3v) is 10.6. The Bertz CT molecular complexity index is 1650. The van der Waals surface area contributed by atoms with Gasteiger partial charge in [-0.25, -0.2) is 4.79 Å². The van der Waals surface area contributed by atoms with E-state index in [1.807, 2.05) is 39.0 Å². The number of rotatable bonds is 11. The molecule has 3 N–H and O–H groups in total. The van der Waals surface area contributed by atoms with Crippen molar-refractivity contribution in [1.82, 2.24) is 20.1 Å². The predicted molar refractivity (Wildman–Crippen MR) is 183 cm³/mol. The summed E-state index contributed by atoms with van der Waals surface area (Å²) in [5.74, 6) is 0.866. The number of halogens is 1. The van der Waals surface area contributed by atoms with E-state index in [9.17, 15) is 14.4 Å². The largest absolute Gasteiger partial charge is 0.491 e. The van der Waals surface area contributed by atoms with Crippen molar-refractivity contribution in [1.29, 1.82) is 0 Å². The van der Waals surface area contributed by atoms with Gasteiger partial charge in [0.05, 0.1) is 25.3 Å². The van der Waals surface area contributed by atoms with Crippen LogP contribution in [0.2, 0.25) is 5.02 Å². The number of nitrogens with zero attached hydrogens (tertiary/aromatic N) is 3. The van der Waals surface area contributed by atoms with Crippen LogP contribution in [0.15, 0.2) is 29.8 Å². The first-order valence-electron chi connectivity index (χ1n) is 17.4. The lowest BCUT2D eigenvalue weighted by Crippen LogP contribution is -2.57. The molecule has 2 aromatic rings. The monoisotopic (exact) mass is 695 g/mol. The number of pyridine rings is 1. The number of ether oxygens (including phenoxy) is 4. The van der Waals surface area contributed by atoms with E-state index in [0.717, 1.165) is 64.2 Å². The number of benzene rings is 1. The van der Waals surface area contributed by atoms with Gasteiger partial charge in [0.1, 0.15) is 47.4 Å². The number of carbonyl (C=O) groups excluding carboxylic acids is 3. The molecule has 1 unspecified atom stereocenters. The van der Waals surface area contributed by atoms with Gasteiger partial charge in [-0.05, 0) is 36.8 Å². The molecule has 7 rings (SSSR count). The number of likely N-dealkylation sites (tertiary alicyclic amines) is 1. The summed E-state index contributed by atoms with van der Waals surface area (Å²) in [6, 6.07) is 3.82. The summed E-state index contributed by atoms with van der Waals surface area (Å²) in [7, 11) is 0. The van der Waals surface area contributed by atoms with E-state index in [1.165, 1.54) is 10.5 Å². The van der Waals surface area contributed by atoms with Crippen LogP contribution in [0, 0.1) is 11.3 Å². The molecule has 1 aromatic carbocycles. The van der Waals surface area contributed by atoms with Crippen LogP contribution in [0.3, 0.4) is 0 Å². The molecule has 3 aliphatic carbocycles. The highest BCUT2D eigenvalue weighted by molar-refractivity contribution is 6.36. The Morgan fingerprint density at radius 1 is 1.12 bits per heavy atom. The first-order chi connectivity index (χ1) is 23.4. The van der Waals surface area contributed by atoms with Crippen molar-refractivity contribution in [3.63, 3.8) is 0 Å². The van der Waals surface area contributed by atoms with Crippen molar-refractivity contribution in [2.45, 2.75) is 83.1 Å². The number of alkyl carbamates (subject to hydrolysis) is 1. The zero-order chi connectivity index (χ0) is 34.4. The highest BCUT2D eigenvalue weighted by atomic mass is 35.5. The average Bonchev–Trinajstić information content (AvgIpc) is 3.97. The van der Waals surface area contributed by atoms with Crippen LogP contribution in [0.5, 0.6) is 11.5 Å². The van der Waals surface area contributed by atoms with Crippen molar-refractivity contribution < 1.29 is 33.3 Å². The topological polar surface area (TPSA) is 146 Å². The van der Waals surface area contributed by atoms with Crippen LogP contribution in [-0.2, 0) is 19.1 Å². The Labute approximate surface area is 291 Å². The van der Waals surface area contributed by atoms with Gasteiger partial charge in [0, 0.05) is 61.5 Å². The fourth-order valence-electron chi connectivity index (χ4n) is 7.20. The second-order valence-electron chi connectivity index (χ2n) is 15.0. The molecule has 13 heteroatoms. The quantitative estimate of drug-likeness (QED) is 0.331. The minimum Gasteiger partial charge on any atom is -0.491 e.